The van der Waals surface area contributed by atoms with Gasteiger partial charge >= 0.3 is 0 Å². The van der Waals surface area contributed by atoms with Gasteiger partial charge in [-0.3, -0.25) is 5.10 Å². The molecule has 0 aliphatic heterocycles. The zero-order valence-electron chi connectivity index (χ0n) is 15.9. The van der Waals surface area contributed by atoms with Gasteiger partial charge in [-0.2, -0.15) is 5.10 Å². The van der Waals surface area contributed by atoms with Crippen LogP contribution >= 0.6 is 0 Å². The molecule has 1 N–H and O–H groups in total. The SMILES string of the molecule is C=C(C1=CC=C(C)CC1C(C)C)C(CC=C(C)C)Cc1cn[nH]c1. The predicted molar refractivity (Wildman–Crippen MR) is 104 cm³/mol. The lowest BCUT2D eigenvalue weighted by Crippen LogP contribution is -2.20. The fourth-order valence-corrected chi connectivity index (χ4v) is 3.46. The number of aromatic amines is 1. The Morgan fingerprint density at radius 3 is 2.71 bits per heavy atom. The fraction of sp³-hybridized carbons (Fsp3) is 0.500. The minimum absolute atomic E-state index is 0.428. The molecule has 1 aliphatic carbocycles. The zero-order valence-corrected chi connectivity index (χ0v) is 15.9. The van der Waals surface area contributed by atoms with E-state index in [4.69, 9.17) is 0 Å². The van der Waals surface area contributed by atoms with Crippen LogP contribution in [0, 0.1) is 17.8 Å². The molecular weight excluding hydrogens is 292 g/mol. The summed E-state index contributed by atoms with van der Waals surface area (Å²) in [4.78, 5) is 0. The second-order valence-electron chi connectivity index (χ2n) is 7.74. The molecule has 2 unspecified atom stereocenters. The van der Waals surface area contributed by atoms with E-state index in [1.165, 1.54) is 27.9 Å². The number of nitrogens with zero attached hydrogens (tertiary/aromatic N) is 1. The fourth-order valence-electron chi connectivity index (χ4n) is 3.46. The van der Waals surface area contributed by atoms with Crippen LogP contribution in [0.1, 0.15) is 53.0 Å². The average molecular weight is 325 g/mol. The van der Waals surface area contributed by atoms with Crippen molar-refractivity contribution in [2.24, 2.45) is 17.8 Å². The number of nitrogens with one attached hydrogen (secondary N) is 1. The highest BCUT2D eigenvalue weighted by Crippen LogP contribution is 2.38. The van der Waals surface area contributed by atoms with E-state index in [0.29, 0.717) is 17.8 Å². The van der Waals surface area contributed by atoms with Crippen molar-refractivity contribution in [3.05, 3.63) is 65.1 Å². The molecule has 2 atom stereocenters. The van der Waals surface area contributed by atoms with Gasteiger partial charge in [-0.15, -0.1) is 0 Å². The van der Waals surface area contributed by atoms with E-state index in [9.17, 15) is 0 Å². The summed E-state index contributed by atoms with van der Waals surface area (Å²) in [6.45, 7) is 15.8. The van der Waals surface area contributed by atoms with Crippen molar-refractivity contribution in [1.82, 2.24) is 10.2 Å². The smallest absolute Gasteiger partial charge is 0.0519 e. The molecule has 0 fully saturated rings. The molecule has 0 saturated carbocycles. The van der Waals surface area contributed by atoms with Gasteiger partial charge < -0.3 is 0 Å². The Labute approximate surface area is 147 Å². The highest BCUT2D eigenvalue weighted by Gasteiger charge is 2.26. The molecule has 0 bridgehead atoms. The number of hydrogen-bond acceptors (Lipinski definition) is 1. The summed E-state index contributed by atoms with van der Waals surface area (Å²) in [5.74, 6) is 1.65. The second kappa shape index (κ2) is 8.32. The summed E-state index contributed by atoms with van der Waals surface area (Å²) >= 11 is 0. The molecule has 2 rings (SSSR count). The van der Waals surface area contributed by atoms with Crippen LogP contribution in [0.15, 0.2) is 59.5 Å². The first kappa shape index (κ1) is 18.5. The Morgan fingerprint density at radius 2 is 2.12 bits per heavy atom. The summed E-state index contributed by atoms with van der Waals surface area (Å²) in [5.41, 5.74) is 6.85. The third-order valence-electron chi connectivity index (χ3n) is 5.00. The molecule has 24 heavy (non-hydrogen) atoms. The first-order valence-corrected chi connectivity index (χ1v) is 9.06. The first-order valence-electron chi connectivity index (χ1n) is 9.06. The van der Waals surface area contributed by atoms with E-state index in [-0.39, 0.29) is 0 Å². The largest absolute Gasteiger partial charge is 0.285 e. The van der Waals surface area contributed by atoms with Gasteiger partial charge in [-0.1, -0.05) is 49.8 Å². The maximum atomic E-state index is 4.54. The highest BCUT2D eigenvalue weighted by atomic mass is 15.1. The molecule has 2 nitrogen and oxygen atoms in total. The molecule has 0 aromatic carbocycles. The summed E-state index contributed by atoms with van der Waals surface area (Å²) in [6.07, 6.45) is 14.0. The Bertz CT molecular complexity index is 638. The summed E-state index contributed by atoms with van der Waals surface area (Å²) < 4.78 is 0. The zero-order chi connectivity index (χ0) is 17.7. The quantitative estimate of drug-likeness (QED) is 0.609. The lowest BCUT2D eigenvalue weighted by Gasteiger charge is -2.31. The van der Waals surface area contributed by atoms with Gasteiger partial charge in [-0.05, 0) is 74.5 Å². The lowest BCUT2D eigenvalue weighted by molar-refractivity contribution is 0.429. The highest BCUT2D eigenvalue weighted by molar-refractivity contribution is 5.41. The van der Waals surface area contributed by atoms with E-state index in [1.54, 1.807) is 0 Å². The third kappa shape index (κ3) is 4.83. The monoisotopic (exact) mass is 324 g/mol. The third-order valence-corrected chi connectivity index (χ3v) is 5.00. The predicted octanol–water partition coefficient (Wildman–Crippen LogP) is 6.03. The minimum Gasteiger partial charge on any atom is -0.285 e. The van der Waals surface area contributed by atoms with Crippen molar-refractivity contribution in [2.75, 3.05) is 0 Å². The minimum atomic E-state index is 0.428. The number of H-pyrrole nitrogens is 1. The van der Waals surface area contributed by atoms with Crippen LogP contribution in [0.5, 0.6) is 0 Å². The molecule has 1 aromatic heterocycles. The number of allylic oxidation sites excluding steroid dienone is 7. The average Bonchev–Trinajstić information content (AvgIpc) is 3.03. The Hall–Kier alpha value is -1.83. The topological polar surface area (TPSA) is 28.7 Å². The molecule has 1 aromatic rings. The van der Waals surface area contributed by atoms with Crippen LogP contribution in [0.2, 0.25) is 0 Å². The van der Waals surface area contributed by atoms with Crippen molar-refractivity contribution in [2.45, 2.75) is 53.9 Å². The van der Waals surface area contributed by atoms with Crippen molar-refractivity contribution < 1.29 is 0 Å². The van der Waals surface area contributed by atoms with E-state index in [0.717, 1.165) is 19.3 Å². The first-order chi connectivity index (χ1) is 11.4. The number of hydrogen-bond donors (Lipinski definition) is 1. The molecule has 0 radical (unpaired) electrons. The number of aromatic nitrogens is 2. The Balaban J connectivity index is 2.26. The molecule has 0 amide bonds. The van der Waals surface area contributed by atoms with Gasteiger partial charge in [0.1, 0.15) is 0 Å². The van der Waals surface area contributed by atoms with Crippen molar-refractivity contribution >= 4 is 0 Å². The van der Waals surface area contributed by atoms with Crippen LogP contribution in [0.4, 0.5) is 0 Å². The number of rotatable bonds is 7. The van der Waals surface area contributed by atoms with Gasteiger partial charge in [0.25, 0.3) is 0 Å². The molecular formula is C22H32N2. The van der Waals surface area contributed by atoms with Gasteiger partial charge in [0.15, 0.2) is 0 Å². The summed E-state index contributed by atoms with van der Waals surface area (Å²) in [6, 6.07) is 0. The Morgan fingerprint density at radius 1 is 1.38 bits per heavy atom. The van der Waals surface area contributed by atoms with Crippen molar-refractivity contribution in [3.8, 4) is 0 Å². The van der Waals surface area contributed by atoms with Gasteiger partial charge in [0.05, 0.1) is 6.20 Å². The van der Waals surface area contributed by atoms with Crippen LogP contribution in [-0.4, -0.2) is 10.2 Å². The molecule has 130 valence electrons. The molecule has 2 heteroatoms. The normalized spacial score (nSPS) is 18.8. The van der Waals surface area contributed by atoms with Crippen LogP contribution < -0.4 is 0 Å². The van der Waals surface area contributed by atoms with E-state index in [1.807, 2.05) is 12.4 Å². The molecule has 0 saturated heterocycles. The van der Waals surface area contributed by atoms with Gasteiger partial charge in [-0.25, -0.2) is 0 Å². The van der Waals surface area contributed by atoms with Crippen LogP contribution in [0.25, 0.3) is 0 Å². The van der Waals surface area contributed by atoms with Crippen molar-refractivity contribution in [3.63, 3.8) is 0 Å². The van der Waals surface area contributed by atoms with Crippen LogP contribution in [0.3, 0.4) is 0 Å². The summed E-state index contributed by atoms with van der Waals surface area (Å²) in [5, 5.41) is 7.03. The maximum Gasteiger partial charge on any atom is 0.0519 e. The standard InChI is InChI=1S/C22H32N2/c1-15(2)7-9-20(12-19-13-23-24-14-19)18(6)21-10-8-17(5)11-22(21)16(3)4/h7-8,10,13-14,16,20,22H,6,9,11-12H2,1-5H3,(H,23,24). The van der Waals surface area contributed by atoms with E-state index < -0.39 is 0 Å². The lowest BCUT2D eigenvalue weighted by atomic mass is 9.73. The molecule has 1 heterocycles. The van der Waals surface area contributed by atoms with Gasteiger partial charge in [0.2, 0.25) is 0 Å². The Kier molecular flexibility index (Phi) is 6.42. The molecule has 0 spiro atoms. The van der Waals surface area contributed by atoms with Crippen LogP contribution in [-0.2, 0) is 6.42 Å². The van der Waals surface area contributed by atoms with E-state index >= 15 is 0 Å². The molecule has 1 aliphatic rings. The van der Waals surface area contributed by atoms with Gasteiger partial charge in [0, 0.05) is 6.20 Å². The van der Waals surface area contributed by atoms with E-state index in [2.05, 4.69) is 69.6 Å². The van der Waals surface area contributed by atoms with Crippen molar-refractivity contribution in [1.29, 1.82) is 0 Å². The summed E-state index contributed by atoms with van der Waals surface area (Å²) in [7, 11) is 0. The maximum absolute atomic E-state index is 4.54. The second-order valence-corrected chi connectivity index (χ2v) is 7.74.